The van der Waals surface area contributed by atoms with Crippen LogP contribution in [0.1, 0.15) is 30.0 Å². The number of urea groups is 1. The molecule has 0 unspecified atom stereocenters. The summed E-state index contributed by atoms with van der Waals surface area (Å²) < 4.78 is 0. The van der Waals surface area contributed by atoms with Crippen molar-refractivity contribution in [3.63, 3.8) is 0 Å². The largest absolute Gasteiger partial charge is 0.393 e. The molecule has 2 heterocycles. The van der Waals surface area contributed by atoms with Gasteiger partial charge in [0.05, 0.1) is 12.1 Å². The summed E-state index contributed by atoms with van der Waals surface area (Å²) in [5.41, 5.74) is 2.38. The van der Waals surface area contributed by atoms with E-state index in [4.69, 9.17) is 0 Å². The predicted octanol–water partition coefficient (Wildman–Crippen LogP) is 1.88. The number of carbonyl (C=O) groups is 2. The molecule has 1 aromatic rings. The first-order valence-electron chi connectivity index (χ1n) is 9.87. The third-order valence-corrected chi connectivity index (χ3v) is 6.57. The maximum atomic E-state index is 12.8. The highest BCUT2D eigenvalue weighted by atomic mass is 16.3. The summed E-state index contributed by atoms with van der Waals surface area (Å²) in [6, 6.07) is 8.31. The van der Waals surface area contributed by atoms with Crippen molar-refractivity contribution in [2.24, 2.45) is 17.8 Å². The van der Waals surface area contributed by atoms with Crippen LogP contribution in [0.4, 0.5) is 4.79 Å². The second-order valence-electron chi connectivity index (χ2n) is 8.62. The second kappa shape index (κ2) is 6.82. The van der Waals surface area contributed by atoms with Gasteiger partial charge in [0.15, 0.2) is 0 Å². The summed E-state index contributed by atoms with van der Waals surface area (Å²) in [5, 5.41) is 9.52. The molecule has 6 nitrogen and oxygen atoms in total. The summed E-state index contributed by atoms with van der Waals surface area (Å²) >= 11 is 0. The SMILES string of the molecule is Cc1ccccc1[C@H]1[C@@H]2CN(C(=O)C3CC(O)C3)C[C@@H]2CN1C(=O)N(C)C. The lowest BCUT2D eigenvalue weighted by Crippen LogP contribution is -2.45. The van der Waals surface area contributed by atoms with Gasteiger partial charge in [0.1, 0.15) is 0 Å². The Balaban J connectivity index is 1.58. The van der Waals surface area contributed by atoms with Crippen molar-refractivity contribution >= 4 is 11.9 Å². The zero-order valence-corrected chi connectivity index (χ0v) is 16.3. The lowest BCUT2D eigenvalue weighted by Gasteiger charge is -2.35. The van der Waals surface area contributed by atoms with E-state index in [0.29, 0.717) is 31.8 Å². The van der Waals surface area contributed by atoms with Gasteiger partial charge in [-0.05, 0) is 30.9 Å². The van der Waals surface area contributed by atoms with Gasteiger partial charge in [-0.1, -0.05) is 24.3 Å². The number of aliphatic hydroxyl groups is 1. The van der Waals surface area contributed by atoms with E-state index in [2.05, 4.69) is 19.1 Å². The molecule has 1 saturated carbocycles. The summed E-state index contributed by atoms with van der Waals surface area (Å²) in [6.45, 7) is 4.20. The van der Waals surface area contributed by atoms with Gasteiger partial charge in [-0.15, -0.1) is 0 Å². The molecule has 3 aliphatic rings. The Labute approximate surface area is 160 Å². The number of nitrogens with zero attached hydrogens (tertiary/aromatic N) is 3. The summed E-state index contributed by atoms with van der Waals surface area (Å²) in [5.74, 6) is 0.746. The Bertz CT molecular complexity index is 744. The number of hydrogen-bond donors (Lipinski definition) is 1. The van der Waals surface area contributed by atoms with Crippen molar-refractivity contribution in [3.8, 4) is 0 Å². The van der Waals surface area contributed by atoms with E-state index in [-0.39, 0.29) is 35.9 Å². The van der Waals surface area contributed by atoms with Crippen LogP contribution in [0.15, 0.2) is 24.3 Å². The minimum absolute atomic E-state index is 0.0101. The standard InChI is InChI=1S/C21H29N3O3/c1-13-6-4-5-7-17(13)19-18-12-23(20(26)14-8-16(25)9-14)10-15(18)11-24(19)21(27)22(2)3/h4-7,14-16,18-19,25H,8-12H2,1-3H3/t14?,15-,16?,18-,19+/m1/s1. The molecule has 3 amide bonds. The molecule has 27 heavy (non-hydrogen) atoms. The number of aliphatic hydroxyl groups excluding tert-OH is 1. The molecule has 1 aromatic carbocycles. The van der Waals surface area contributed by atoms with Gasteiger partial charge in [-0.2, -0.15) is 0 Å². The van der Waals surface area contributed by atoms with E-state index in [1.807, 2.05) is 21.9 Å². The van der Waals surface area contributed by atoms with E-state index in [1.54, 1.807) is 19.0 Å². The van der Waals surface area contributed by atoms with Crippen molar-refractivity contribution in [2.75, 3.05) is 33.7 Å². The zero-order valence-electron chi connectivity index (χ0n) is 16.3. The maximum Gasteiger partial charge on any atom is 0.320 e. The van der Waals surface area contributed by atoms with Crippen molar-refractivity contribution in [1.29, 1.82) is 0 Å². The predicted molar refractivity (Wildman–Crippen MR) is 102 cm³/mol. The van der Waals surface area contributed by atoms with Crippen LogP contribution in [-0.4, -0.2) is 71.6 Å². The van der Waals surface area contributed by atoms with Crippen molar-refractivity contribution in [3.05, 3.63) is 35.4 Å². The Hall–Kier alpha value is -2.08. The second-order valence-corrected chi connectivity index (χ2v) is 8.62. The number of amides is 3. The first-order chi connectivity index (χ1) is 12.9. The molecular weight excluding hydrogens is 342 g/mol. The molecule has 4 rings (SSSR count). The monoisotopic (exact) mass is 371 g/mol. The highest BCUT2D eigenvalue weighted by Crippen LogP contribution is 2.46. The molecule has 3 fully saturated rings. The van der Waals surface area contributed by atoms with Gasteiger partial charge in [-0.25, -0.2) is 4.79 Å². The van der Waals surface area contributed by atoms with E-state index < -0.39 is 0 Å². The van der Waals surface area contributed by atoms with Gasteiger partial charge in [0.25, 0.3) is 0 Å². The minimum atomic E-state index is -0.311. The highest BCUT2D eigenvalue weighted by Gasteiger charge is 2.51. The quantitative estimate of drug-likeness (QED) is 0.863. The summed E-state index contributed by atoms with van der Waals surface area (Å²) in [7, 11) is 3.59. The van der Waals surface area contributed by atoms with Crippen LogP contribution in [0.2, 0.25) is 0 Å². The van der Waals surface area contributed by atoms with Crippen LogP contribution in [0, 0.1) is 24.7 Å². The van der Waals surface area contributed by atoms with Gasteiger partial charge in [0.2, 0.25) is 5.91 Å². The summed E-state index contributed by atoms with van der Waals surface area (Å²) in [4.78, 5) is 31.2. The van der Waals surface area contributed by atoms with E-state index in [0.717, 1.165) is 6.54 Å². The fourth-order valence-electron chi connectivity index (χ4n) is 5.04. The topological polar surface area (TPSA) is 64.1 Å². The molecule has 146 valence electrons. The maximum absolute atomic E-state index is 12.8. The van der Waals surface area contributed by atoms with E-state index in [9.17, 15) is 14.7 Å². The normalized spacial score (nSPS) is 32.2. The number of aryl methyl sites for hydroxylation is 1. The molecule has 0 radical (unpaired) electrons. The van der Waals surface area contributed by atoms with E-state index >= 15 is 0 Å². The molecule has 0 bridgehead atoms. The molecule has 0 spiro atoms. The smallest absolute Gasteiger partial charge is 0.320 e. The van der Waals surface area contributed by atoms with Crippen LogP contribution in [-0.2, 0) is 4.79 Å². The average Bonchev–Trinajstić information content (AvgIpc) is 3.16. The van der Waals surface area contributed by atoms with Crippen LogP contribution in [0.25, 0.3) is 0 Å². The molecule has 6 heteroatoms. The van der Waals surface area contributed by atoms with Gasteiger partial charge in [0, 0.05) is 51.5 Å². The lowest BCUT2D eigenvalue weighted by molar-refractivity contribution is -0.141. The van der Waals surface area contributed by atoms with Crippen LogP contribution in [0.5, 0.6) is 0 Å². The van der Waals surface area contributed by atoms with Crippen molar-refractivity contribution in [1.82, 2.24) is 14.7 Å². The van der Waals surface area contributed by atoms with Crippen molar-refractivity contribution in [2.45, 2.75) is 31.9 Å². The number of fused-ring (bicyclic) bond motifs is 1. The molecule has 0 aromatic heterocycles. The number of likely N-dealkylation sites (tertiary alicyclic amines) is 2. The molecule has 1 aliphatic carbocycles. The third-order valence-electron chi connectivity index (χ3n) is 6.57. The van der Waals surface area contributed by atoms with Crippen LogP contribution < -0.4 is 0 Å². The molecule has 1 N–H and O–H groups in total. The van der Waals surface area contributed by atoms with Gasteiger partial charge < -0.3 is 19.8 Å². The molecular formula is C21H29N3O3. The molecule has 3 atom stereocenters. The fraction of sp³-hybridized carbons (Fsp3) is 0.619. The lowest BCUT2D eigenvalue weighted by atomic mass is 9.81. The summed E-state index contributed by atoms with van der Waals surface area (Å²) in [6.07, 6.45) is 0.878. The van der Waals surface area contributed by atoms with Crippen LogP contribution >= 0.6 is 0 Å². The first kappa shape index (κ1) is 18.3. The number of carbonyl (C=O) groups excluding carboxylic acids is 2. The van der Waals surface area contributed by atoms with Gasteiger partial charge in [-0.3, -0.25) is 4.79 Å². The minimum Gasteiger partial charge on any atom is -0.393 e. The Morgan fingerprint density at radius 3 is 2.44 bits per heavy atom. The number of hydrogen-bond acceptors (Lipinski definition) is 3. The van der Waals surface area contributed by atoms with E-state index in [1.165, 1.54) is 11.1 Å². The molecule has 2 aliphatic heterocycles. The number of rotatable bonds is 2. The van der Waals surface area contributed by atoms with Crippen LogP contribution in [0.3, 0.4) is 0 Å². The van der Waals surface area contributed by atoms with Gasteiger partial charge >= 0.3 is 6.03 Å². The zero-order chi connectivity index (χ0) is 19.3. The Morgan fingerprint density at radius 1 is 1.11 bits per heavy atom. The number of benzene rings is 1. The average molecular weight is 371 g/mol. The fourth-order valence-corrected chi connectivity index (χ4v) is 5.04. The first-order valence-corrected chi connectivity index (χ1v) is 9.87. The van der Waals surface area contributed by atoms with Crippen molar-refractivity contribution < 1.29 is 14.7 Å². The highest BCUT2D eigenvalue weighted by molar-refractivity contribution is 5.80. The molecule has 2 saturated heterocycles. The Kier molecular flexibility index (Phi) is 4.62. The Morgan fingerprint density at radius 2 is 1.81 bits per heavy atom. The third kappa shape index (κ3) is 3.10.